The lowest BCUT2D eigenvalue weighted by Gasteiger charge is -2.20. The van der Waals surface area contributed by atoms with Crippen molar-refractivity contribution in [2.24, 2.45) is 0 Å². The van der Waals surface area contributed by atoms with E-state index in [1.807, 2.05) is 0 Å². The highest BCUT2D eigenvalue weighted by atomic mass is 15.2. The van der Waals surface area contributed by atoms with Crippen molar-refractivity contribution < 1.29 is 0 Å². The molecule has 0 radical (unpaired) electrons. The normalized spacial score (nSPS) is 28.9. The van der Waals surface area contributed by atoms with Gasteiger partial charge >= 0.3 is 0 Å². The Labute approximate surface area is 92.4 Å². The Bertz CT molecular complexity index is 242. The van der Waals surface area contributed by atoms with Gasteiger partial charge < -0.3 is 5.32 Å². The van der Waals surface area contributed by atoms with Gasteiger partial charge in [-0.3, -0.25) is 4.90 Å². The van der Waals surface area contributed by atoms with Crippen LogP contribution in [0.25, 0.3) is 0 Å². The van der Waals surface area contributed by atoms with Crippen LogP contribution in [0, 0.1) is 11.3 Å². The smallest absolute Gasteiger partial charge is 0.0638 e. The van der Waals surface area contributed by atoms with Crippen LogP contribution in [0.4, 0.5) is 0 Å². The lowest BCUT2D eigenvalue weighted by Crippen LogP contribution is -2.39. The highest BCUT2D eigenvalue weighted by molar-refractivity contribution is 4.93. The first-order valence-corrected chi connectivity index (χ1v) is 6.20. The van der Waals surface area contributed by atoms with Crippen molar-refractivity contribution in [2.45, 2.75) is 57.2 Å². The number of hydrogen-bond acceptors (Lipinski definition) is 3. The molecule has 0 aromatic carbocycles. The molecule has 1 N–H and O–H groups in total. The molecule has 1 saturated heterocycles. The van der Waals surface area contributed by atoms with Gasteiger partial charge in [-0.05, 0) is 25.7 Å². The van der Waals surface area contributed by atoms with Crippen LogP contribution in [0.15, 0.2) is 0 Å². The molecule has 1 saturated carbocycles. The number of hydrogen-bond donors (Lipinski definition) is 1. The second-order valence-corrected chi connectivity index (χ2v) is 4.85. The Morgan fingerprint density at radius 3 is 2.87 bits per heavy atom. The maximum absolute atomic E-state index is 8.69. The van der Waals surface area contributed by atoms with Crippen molar-refractivity contribution in [1.82, 2.24) is 10.2 Å². The number of likely N-dealkylation sites (tertiary alicyclic amines) is 1. The van der Waals surface area contributed by atoms with Gasteiger partial charge in [-0.2, -0.15) is 5.26 Å². The number of nitrogens with zero attached hydrogens (tertiary/aromatic N) is 2. The molecule has 2 atom stereocenters. The Kier molecular flexibility index (Phi) is 3.61. The fourth-order valence-corrected chi connectivity index (χ4v) is 2.46. The van der Waals surface area contributed by atoms with Crippen molar-refractivity contribution in [3.8, 4) is 6.07 Å². The average molecular weight is 207 g/mol. The molecule has 1 aliphatic carbocycles. The maximum Gasteiger partial charge on any atom is 0.0638 e. The average Bonchev–Trinajstić information content (AvgIpc) is 2.99. The number of nitrogens with one attached hydrogen (secondary N) is 1. The maximum atomic E-state index is 8.69. The van der Waals surface area contributed by atoms with Gasteiger partial charge in [0.1, 0.15) is 0 Å². The van der Waals surface area contributed by atoms with Crippen molar-refractivity contribution in [3.05, 3.63) is 0 Å². The fourth-order valence-electron chi connectivity index (χ4n) is 2.46. The summed E-state index contributed by atoms with van der Waals surface area (Å²) in [7, 11) is 0. The van der Waals surface area contributed by atoms with Gasteiger partial charge in [-0.15, -0.1) is 0 Å². The molecule has 0 aromatic heterocycles. The van der Waals surface area contributed by atoms with Crippen LogP contribution in [0.5, 0.6) is 0 Å². The number of rotatable bonds is 5. The summed E-state index contributed by atoms with van der Waals surface area (Å²) >= 11 is 0. The summed E-state index contributed by atoms with van der Waals surface area (Å²) in [6.45, 7) is 4.61. The van der Waals surface area contributed by atoms with E-state index in [1.165, 1.54) is 32.4 Å². The van der Waals surface area contributed by atoms with Crippen LogP contribution in [0.1, 0.15) is 39.0 Å². The lowest BCUT2D eigenvalue weighted by atomic mass is 10.1. The molecule has 2 unspecified atom stereocenters. The minimum Gasteiger partial charge on any atom is -0.309 e. The molecule has 15 heavy (non-hydrogen) atoms. The van der Waals surface area contributed by atoms with E-state index in [2.05, 4.69) is 23.2 Å². The minimum atomic E-state index is 0.402. The van der Waals surface area contributed by atoms with Gasteiger partial charge in [0.25, 0.3) is 0 Å². The molecule has 84 valence electrons. The van der Waals surface area contributed by atoms with Crippen LogP contribution < -0.4 is 5.32 Å². The summed E-state index contributed by atoms with van der Waals surface area (Å²) in [5.41, 5.74) is 0. The summed E-state index contributed by atoms with van der Waals surface area (Å²) in [5, 5.41) is 12.3. The first-order chi connectivity index (χ1) is 7.33. The van der Waals surface area contributed by atoms with E-state index in [0.717, 1.165) is 12.5 Å². The Morgan fingerprint density at radius 2 is 2.27 bits per heavy atom. The van der Waals surface area contributed by atoms with Gasteiger partial charge in [-0.25, -0.2) is 0 Å². The molecule has 0 bridgehead atoms. The van der Waals surface area contributed by atoms with Crippen LogP contribution >= 0.6 is 0 Å². The molecular weight excluding hydrogens is 186 g/mol. The zero-order valence-corrected chi connectivity index (χ0v) is 9.58. The quantitative estimate of drug-likeness (QED) is 0.742. The first kappa shape index (κ1) is 10.9. The largest absolute Gasteiger partial charge is 0.309 e. The van der Waals surface area contributed by atoms with E-state index in [-0.39, 0.29) is 0 Å². The van der Waals surface area contributed by atoms with Crippen molar-refractivity contribution in [1.29, 1.82) is 5.26 Å². The second-order valence-electron chi connectivity index (χ2n) is 4.85. The van der Waals surface area contributed by atoms with E-state index in [9.17, 15) is 0 Å². The molecule has 1 aliphatic heterocycles. The van der Waals surface area contributed by atoms with E-state index in [4.69, 9.17) is 5.26 Å². The van der Waals surface area contributed by atoms with Crippen LogP contribution in [0.2, 0.25) is 0 Å². The van der Waals surface area contributed by atoms with Gasteiger partial charge in [0.2, 0.25) is 0 Å². The monoisotopic (exact) mass is 207 g/mol. The second kappa shape index (κ2) is 4.96. The summed E-state index contributed by atoms with van der Waals surface area (Å²) in [6.07, 6.45) is 5.78. The minimum absolute atomic E-state index is 0.402. The molecule has 2 aliphatic rings. The Morgan fingerprint density at radius 1 is 1.47 bits per heavy atom. The van der Waals surface area contributed by atoms with Crippen LogP contribution in [-0.4, -0.2) is 36.1 Å². The summed E-state index contributed by atoms with van der Waals surface area (Å²) in [6, 6.07) is 4.19. The molecule has 2 rings (SSSR count). The third kappa shape index (κ3) is 2.93. The van der Waals surface area contributed by atoms with Gasteiger partial charge in [0, 0.05) is 31.2 Å². The molecule has 0 spiro atoms. The van der Waals surface area contributed by atoms with E-state index in [0.29, 0.717) is 18.5 Å². The predicted octanol–water partition coefficient (Wildman–Crippen LogP) is 1.50. The highest BCUT2D eigenvalue weighted by Gasteiger charge is 2.34. The Hall–Kier alpha value is -0.590. The fraction of sp³-hybridized carbons (Fsp3) is 0.917. The number of nitriles is 1. The first-order valence-electron chi connectivity index (χ1n) is 6.20. The zero-order valence-electron chi connectivity index (χ0n) is 9.58. The Balaban J connectivity index is 1.73. The highest BCUT2D eigenvalue weighted by Crippen LogP contribution is 2.29. The summed E-state index contributed by atoms with van der Waals surface area (Å²) in [5.74, 6) is 0. The van der Waals surface area contributed by atoms with Gasteiger partial charge in [-0.1, -0.05) is 6.92 Å². The SMILES string of the molecule is CCC(CC#N)NC1CCN(C2CC2)C1. The van der Waals surface area contributed by atoms with Gasteiger partial charge in [0.05, 0.1) is 12.5 Å². The molecule has 0 aromatic rings. The standard InChI is InChI=1S/C12H21N3/c1-2-10(5-7-13)14-11-6-8-15(9-11)12-3-4-12/h10-12,14H,2-6,8-9H2,1H3. The van der Waals surface area contributed by atoms with Crippen molar-refractivity contribution >= 4 is 0 Å². The van der Waals surface area contributed by atoms with Crippen LogP contribution in [0.3, 0.4) is 0 Å². The van der Waals surface area contributed by atoms with Crippen LogP contribution in [-0.2, 0) is 0 Å². The van der Waals surface area contributed by atoms with Crippen molar-refractivity contribution in [3.63, 3.8) is 0 Å². The molecular formula is C12H21N3. The molecule has 3 heteroatoms. The molecule has 3 nitrogen and oxygen atoms in total. The molecule has 0 amide bonds. The van der Waals surface area contributed by atoms with Gasteiger partial charge in [0.15, 0.2) is 0 Å². The third-order valence-electron chi connectivity index (χ3n) is 3.58. The van der Waals surface area contributed by atoms with Crippen molar-refractivity contribution in [2.75, 3.05) is 13.1 Å². The van der Waals surface area contributed by atoms with E-state index in [1.54, 1.807) is 0 Å². The third-order valence-corrected chi connectivity index (χ3v) is 3.58. The predicted molar refractivity (Wildman–Crippen MR) is 60.4 cm³/mol. The molecule has 2 fully saturated rings. The summed E-state index contributed by atoms with van der Waals surface area (Å²) < 4.78 is 0. The summed E-state index contributed by atoms with van der Waals surface area (Å²) in [4.78, 5) is 2.61. The topological polar surface area (TPSA) is 39.1 Å². The zero-order chi connectivity index (χ0) is 10.7. The molecule has 1 heterocycles. The lowest BCUT2D eigenvalue weighted by molar-refractivity contribution is 0.311. The van der Waals surface area contributed by atoms with E-state index < -0.39 is 0 Å². The van der Waals surface area contributed by atoms with E-state index >= 15 is 0 Å².